The van der Waals surface area contributed by atoms with E-state index in [1.165, 1.54) is 6.33 Å². The van der Waals surface area contributed by atoms with Gasteiger partial charge in [0.2, 0.25) is 0 Å². The lowest BCUT2D eigenvalue weighted by atomic mass is 10.2. The molecular weight excluding hydrogens is 296 g/mol. The Kier molecular flexibility index (Phi) is 3.17. The third-order valence-electron chi connectivity index (χ3n) is 3.36. The van der Waals surface area contributed by atoms with Crippen molar-refractivity contribution in [1.82, 2.24) is 25.3 Å². The summed E-state index contributed by atoms with van der Waals surface area (Å²) in [5.41, 5.74) is 17.0. The van der Waals surface area contributed by atoms with Crippen molar-refractivity contribution in [3.8, 4) is 11.4 Å². The standard InChI is InChI=1S/C14H14N8O/c15-12-5-11(13-14(18-12)20-21-19-13)23-6-9-2-1-3-10(4-9)22-8-16-7-17-22/h1-5,7-8,19,21H,6H2,(H3,15,18,20). The lowest BCUT2D eigenvalue weighted by Gasteiger charge is -2.11. The first-order chi connectivity index (χ1) is 11.3. The minimum atomic E-state index is 0.383. The minimum absolute atomic E-state index is 0.383. The summed E-state index contributed by atoms with van der Waals surface area (Å²) in [6.45, 7) is 0.389. The summed E-state index contributed by atoms with van der Waals surface area (Å²) in [5.74, 6) is 1.61. The third kappa shape index (κ3) is 2.60. The first kappa shape index (κ1) is 13.3. The van der Waals surface area contributed by atoms with Crippen LogP contribution >= 0.6 is 0 Å². The second-order valence-electron chi connectivity index (χ2n) is 4.94. The number of hydrogen-bond donors (Lipinski definition) is 4. The summed E-state index contributed by atoms with van der Waals surface area (Å²) in [7, 11) is 0. The van der Waals surface area contributed by atoms with Crippen molar-refractivity contribution in [2.75, 3.05) is 16.6 Å². The van der Waals surface area contributed by atoms with Crippen molar-refractivity contribution < 1.29 is 4.74 Å². The lowest BCUT2D eigenvalue weighted by molar-refractivity contribution is 0.308. The van der Waals surface area contributed by atoms with Crippen LogP contribution in [-0.4, -0.2) is 19.7 Å². The van der Waals surface area contributed by atoms with Crippen LogP contribution in [0.5, 0.6) is 5.75 Å². The molecule has 9 nitrogen and oxygen atoms in total. The van der Waals surface area contributed by atoms with Crippen molar-refractivity contribution in [2.45, 2.75) is 6.61 Å². The van der Waals surface area contributed by atoms with Crippen LogP contribution < -0.4 is 26.9 Å². The van der Waals surface area contributed by atoms with Gasteiger partial charge in [-0.1, -0.05) is 12.1 Å². The number of nitrogens with two attached hydrogens (primary N) is 1. The van der Waals surface area contributed by atoms with E-state index in [1.54, 1.807) is 17.1 Å². The van der Waals surface area contributed by atoms with E-state index in [0.29, 0.717) is 24.0 Å². The Balaban J connectivity index is 1.55. The monoisotopic (exact) mass is 310 g/mol. The van der Waals surface area contributed by atoms with Gasteiger partial charge in [-0.25, -0.2) is 14.6 Å². The van der Waals surface area contributed by atoms with Crippen LogP contribution in [0, 0.1) is 0 Å². The highest BCUT2D eigenvalue weighted by atomic mass is 16.5. The van der Waals surface area contributed by atoms with Gasteiger partial charge in [-0.2, -0.15) is 5.10 Å². The molecule has 4 rings (SSSR count). The first-order valence-electron chi connectivity index (χ1n) is 6.94. The van der Waals surface area contributed by atoms with E-state index in [9.17, 15) is 0 Å². The Labute approximate surface area is 131 Å². The normalized spacial score (nSPS) is 12.3. The summed E-state index contributed by atoms with van der Waals surface area (Å²) in [5, 5.41) is 4.12. The Morgan fingerprint density at radius 1 is 1.22 bits per heavy atom. The quantitative estimate of drug-likeness (QED) is 0.566. The minimum Gasteiger partial charge on any atom is -0.486 e. The van der Waals surface area contributed by atoms with Crippen LogP contribution in [0.1, 0.15) is 5.56 Å². The molecule has 23 heavy (non-hydrogen) atoms. The van der Waals surface area contributed by atoms with Crippen LogP contribution in [0.3, 0.4) is 0 Å². The maximum Gasteiger partial charge on any atom is 0.172 e. The van der Waals surface area contributed by atoms with Crippen molar-refractivity contribution >= 4 is 17.3 Å². The Morgan fingerprint density at radius 3 is 3.04 bits per heavy atom. The molecule has 0 fully saturated rings. The molecular formula is C14H14N8O. The highest BCUT2D eigenvalue weighted by Gasteiger charge is 2.17. The number of nitrogen functional groups attached to an aromatic ring is 1. The summed E-state index contributed by atoms with van der Waals surface area (Å²) in [6, 6.07) is 9.55. The number of rotatable bonds is 4. The van der Waals surface area contributed by atoms with E-state index in [1.807, 2.05) is 24.3 Å². The molecule has 0 spiro atoms. The average Bonchev–Trinajstić information content (AvgIpc) is 3.24. The van der Waals surface area contributed by atoms with Gasteiger partial charge in [0, 0.05) is 6.07 Å². The third-order valence-corrected chi connectivity index (χ3v) is 3.36. The molecule has 9 heteroatoms. The number of fused-ring (bicyclic) bond motifs is 1. The van der Waals surface area contributed by atoms with Crippen LogP contribution in [0.25, 0.3) is 5.69 Å². The number of benzene rings is 1. The topological polar surface area (TPSA) is 115 Å². The van der Waals surface area contributed by atoms with Gasteiger partial charge in [0.05, 0.1) is 5.69 Å². The molecule has 1 aromatic carbocycles. The zero-order valence-corrected chi connectivity index (χ0v) is 12.0. The zero-order chi connectivity index (χ0) is 15.6. The number of anilines is 3. The molecule has 2 aromatic heterocycles. The predicted octanol–water partition coefficient (Wildman–Crippen LogP) is 1.08. The highest BCUT2D eigenvalue weighted by molar-refractivity contribution is 5.76. The first-order valence-corrected chi connectivity index (χ1v) is 6.94. The van der Waals surface area contributed by atoms with Gasteiger partial charge in [-0.05, 0) is 17.7 Å². The van der Waals surface area contributed by atoms with Crippen LogP contribution in [-0.2, 0) is 6.61 Å². The fourth-order valence-electron chi connectivity index (χ4n) is 2.31. The predicted molar refractivity (Wildman–Crippen MR) is 84.7 cm³/mol. The van der Waals surface area contributed by atoms with E-state index in [0.717, 1.165) is 16.9 Å². The summed E-state index contributed by atoms with van der Waals surface area (Å²) in [6.07, 6.45) is 3.15. The summed E-state index contributed by atoms with van der Waals surface area (Å²) in [4.78, 5) is 8.11. The summed E-state index contributed by atoms with van der Waals surface area (Å²) >= 11 is 0. The molecule has 1 aliphatic rings. The average molecular weight is 310 g/mol. The zero-order valence-electron chi connectivity index (χ0n) is 12.0. The SMILES string of the molecule is Nc1cc(OCc2cccc(-n3cncn3)c2)c2c(n1)NNN2. The number of aromatic nitrogens is 4. The molecule has 116 valence electrons. The maximum absolute atomic E-state index is 5.88. The second-order valence-corrected chi connectivity index (χ2v) is 4.94. The maximum atomic E-state index is 5.88. The molecule has 3 aromatic rings. The Morgan fingerprint density at radius 2 is 2.17 bits per heavy atom. The van der Waals surface area contributed by atoms with E-state index in [-0.39, 0.29) is 0 Å². The number of ether oxygens (including phenoxy) is 1. The van der Waals surface area contributed by atoms with Gasteiger partial charge in [0.25, 0.3) is 0 Å². The summed E-state index contributed by atoms with van der Waals surface area (Å²) < 4.78 is 7.58. The molecule has 0 radical (unpaired) electrons. The molecule has 0 saturated carbocycles. The van der Waals surface area contributed by atoms with Crippen LogP contribution in [0.2, 0.25) is 0 Å². The van der Waals surface area contributed by atoms with Gasteiger partial charge >= 0.3 is 0 Å². The Bertz CT molecular complexity index is 833. The highest BCUT2D eigenvalue weighted by Crippen LogP contribution is 2.35. The smallest absolute Gasteiger partial charge is 0.172 e. The number of hydrazine groups is 2. The Hall–Kier alpha value is -3.33. The van der Waals surface area contributed by atoms with Crippen molar-refractivity contribution in [2.24, 2.45) is 0 Å². The number of hydrogen-bond acceptors (Lipinski definition) is 8. The van der Waals surface area contributed by atoms with E-state index < -0.39 is 0 Å². The molecule has 0 unspecified atom stereocenters. The largest absolute Gasteiger partial charge is 0.486 e. The molecule has 3 heterocycles. The molecule has 0 bridgehead atoms. The van der Waals surface area contributed by atoms with Crippen molar-refractivity contribution in [3.05, 3.63) is 48.5 Å². The number of nitrogens with one attached hydrogen (secondary N) is 3. The van der Waals surface area contributed by atoms with Gasteiger partial charge in [-0.15, -0.1) is 5.53 Å². The van der Waals surface area contributed by atoms with Gasteiger partial charge in [-0.3, -0.25) is 10.9 Å². The molecule has 0 amide bonds. The van der Waals surface area contributed by atoms with E-state index in [4.69, 9.17) is 10.5 Å². The fourth-order valence-corrected chi connectivity index (χ4v) is 2.31. The van der Waals surface area contributed by atoms with Gasteiger partial charge < -0.3 is 10.5 Å². The fraction of sp³-hybridized carbons (Fsp3) is 0.0714. The molecule has 1 aliphatic heterocycles. The molecule has 5 N–H and O–H groups in total. The number of nitrogens with zero attached hydrogens (tertiary/aromatic N) is 4. The van der Waals surface area contributed by atoms with E-state index >= 15 is 0 Å². The number of pyridine rings is 1. The van der Waals surface area contributed by atoms with Crippen LogP contribution in [0.4, 0.5) is 17.3 Å². The van der Waals surface area contributed by atoms with E-state index in [2.05, 4.69) is 31.5 Å². The van der Waals surface area contributed by atoms with Crippen molar-refractivity contribution in [1.29, 1.82) is 0 Å². The second kappa shape index (κ2) is 5.46. The van der Waals surface area contributed by atoms with Crippen molar-refractivity contribution in [3.63, 3.8) is 0 Å². The van der Waals surface area contributed by atoms with Gasteiger partial charge in [0.15, 0.2) is 11.6 Å². The lowest BCUT2D eigenvalue weighted by Crippen LogP contribution is -2.19. The molecule has 0 atom stereocenters. The molecule has 0 saturated heterocycles. The molecule has 0 aliphatic carbocycles. The van der Waals surface area contributed by atoms with Gasteiger partial charge in [0.1, 0.15) is 30.8 Å². The van der Waals surface area contributed by atoms with Crippen LogP contribution in [0.15, 0.2) is 43.0 Å².